The summed E-state index contributed by atoms with van der Waals surface area (Å²) in [6, 6.07) is 3.36. The maximum absolute atomic E-state index is 12.6. The molecule has 0 aromatic heterocycles. The standard InChI is InChI=1S/C16H22ClN3O2/c1-22-15-7-14(18)13(17)6-12(15)16(21)19-11-5-10-3-2-4-20(8-10)9-11/h6-7,10-11H,2-5,8-9,18H2,1H3,(H,19,21)/t10-,11-/m0/s1. The van der Waals surface area contributed by atoms with E-state index in [9.17, 15) is 4.79 Å². The lowest BCUT2D eigenvalue weighted by Gasteiger charge is -2.41. The first kappa shape index (κ1) is 15.4. The number of hydrogen-bond acceptors (Lipinski definition) is 4. The van der Waals surface area contributed by atoms with Crippen LogP contribution in [0.25, 0.3) is 0 Å². The molecule has 2 aliphatic rings. The quantitative estimate of drug-likeness (QED) is 0.836. The molecule has 0 radical (unpaired) electrons. The molecule has 1 aromatic carbocycles. The molecule has 2 aliphatic heterocycles. The summed E-state index contributed by atoms with van der Waals surface area (Å²) in [5.41, 5.74) is 6.61. The van der Waals surface area contributed by atoms with E-state index in [1.165, 1.54) is 26.5 Å². The molecule has 3 rings (SSSR count). The molecule has 3 atom stereocenters. The molecule has 6 heteroatoms. The second kappa shape index (κ2) is 6.34. The van der Waals surface area contributed by atoms with E-state index in [1.807, 2.05) is 0 Å². The molecule has 1 amide bonds. The number of halogens is 1. The number of carbonyl (C=O) groups excluding carboxylic acids is 1. The van der Waals surface area contributed by atoms with Crippen molar-refractivity contribution in [3.8, 4) is 5.75 Å². The van der Waals surface area contributed by atoms with Gasteiger partial charge in [-0.3, -0.25) is 4.79 Å². The van der Waals surface area contributed by atoms with Crippen molar-refractivity contribution in [1.29, 1.82) is 0 Å². The minimum atomic E-state index is -0.148. The van der Waals surface area contributed by atoms with Gasteiger partial charge < -0.3 is 20.7 Å². The van der Waals surface area contributed by atoms with Crippen molar-refractivity contribution < 1.29 is 9.53 Å². The van der Waals surface area contributed by atoms with Crippen LogP contribution in [0.3, 0.4) is 0 Å². The van der Waals surface area contributed by atoms with Crippen LogP contribution >= 0.6 is 11.6 Å². The van der Waals surface area contributed by atoms with E-state index in [0.29, 0.717) is 27.9 Å². The van der Waals surface area contributed by atoms with Crippen molar-refractivity contribution in [3.05, 3.63) is 22.7 Å². The van der Waals surface area contributed by atoms with E-state index in [2.05, 4.69) is 10.2 Å². The predicted octanol–water partition coefficient (Wildman–Crippen LogP) is 2.14. The number of benzene rings is 1. The highest BCUT2D eigenvalue weighted by Crippen LogP contribution is 2.30. The first-order valence-electron chi connectivity index (χ1n) is 7.73. The molecule has 2 bridgehead atoms. The highest BCUT2D eigenvalue weighted by molar-refractivity contribution is 6.33. The number of nitrogen functional groups attached to an aromatic ring is 1. The molecule has 1 aromatic rings. The van der Waals surface area contributed by atoms with Crippen LogP contribution in [0.2, 0.25) is 5.02 Å². The molecule has 5 nitrogen and oxygen atoms in total. The molecule has 0 aliphatic carbocycles. The summed E-state index contributed by atoms with van der Waals surface area (Å²) in [7, 11) is 1.52. The fourth-order valence-corrected chi connectivity index (χ4v) is 3.74. The number of hydrogen-bond donors (Lipinski definition) is 2. The maximum atomic E-state index is 12.6. The summed E-state index contributed by atoms with van der Waals surface area (Å²) in [5, 5.41) is 3.50. The number of nitrogens with zero attached hydrogens (tertiary/aromatic N) is 1. The molecule has 22 heavy (non-hydrogen) atoms. The first-order valence-corrected chi connectivity index (χ1v) is 8.11. The van der Waals surface area contributed by atoms with Crippen LogP contribution in [-0.4, -0.2) is 43.6 Å². The summed E-state index contributed by atoms with van der Waals surface area (Å²) < 4.78 is 5.26. The number of rotatable bonds is 3. The van der Waals surface area contributed by atoms with Crippen molar-refractivity contribution in [1.82, 2.24) is 10.2 Å². The Hall–Kier alpha value is -1.46. The van der Waals surface area contributed by atoms with Crippen molar-refractivity contribution in [2.75, 3.05) is 32.5 Å². The van der Waals surface area contributed by atoms with E-state index in [-0.39, 0.29) is 11.9 Å². The van der Waals surface area contributed by atoms with Gasteiger partial charge in [0.1, 0.15) is 5.75 Å². The first-order chi connectivity index (χ1) is 10.6. The van der Waals surface area contributed by atoms with Crippen molar-refractivity contribution >= 4 is 23.2 Å². The molecular weight excluding hydrogens is 302 g/mol. The van der Waals surface area contributed by atoms with Gasteiger partial charge >= 0.3 is 0 Å². The third-order valence-electron chi connectivity index (χ3n) is 4.60. The number of anilines is 1. The van der Waals surface area contributed by atoms with Crippen molar-refractivity contribution in [2.24, 2.45) is 5.92 Å². The van der Waals surface area contributed by atoms with Crippen LogP contribution in [0, 0.1) is 5.92 Å². The number of nitrogens with two attached hydrogens (primary N) is 1. The summed E-state index contributed by atoms with van der Waals surface area (Å²) in [4.78, 5) is 15.0. The molecular formula is C16H22ClN3O2. The van der Waals surface area contributed by atoms with Gasteiger partial charge in [-0.25, -0.2) is 0 Å². The zero-order chi connectivity index (χ0) is 15.7. The third kappa shape index (κ3) is 3.15. The van der Waals surface area contributed by atoms with E-state index in [1.54, 1.807) is 12.1 Å². The van der Waals surface area contributed by atoms with Crippen LogP contribution in [0.5, 0.6) is 5.75 Å². The number of nitrogens with one attached hydrogen (secondary N) is 1. The number of carbonyl (C=O) groups is 1. The molecule has 2 fully saturated rings. The third-order valence-corrected chi connectivity index (χ3v) is 4.93. The summed E-state index contributed by atoms with van der Waals surface area (Å²) >= 11 is 6.04. The normalized spacial score (nSPS) is 27.3. The lowest BCUT2D eigenvalue weighted by Crippen LogP contribution is -2.52. The molecule has 2 heterocycles. The average molecular weight is 324 g/mol. The highest BCUT2D eigenvalue weighted by Gasteiger charge is 2.31. The Bertz CT molecular complexity index is 567. The molecule has 2 saturated heterocycles. The van der Waals surface area contributed by atoms with E-state index in [4.69, 9.17) is 22.1 Å². The van der Waals surface area contributed by atoms with Crippen LogP contribution in [0.4, 0.5) is 5.69 Å². The summed E-state index contributed by atoms with van der Waals surface area (Å²) in [5.74, 6) is 1.00. The fourth-order valence-electron chi connectivity index (χ4n) is 3.58. The van der Waals surface area contributed by atoms with Gasteiger partial charge in [0.15, 0.2) is 0 Å². The highest BCUT2D eigenvalue weighted by atomic mass is 35.5. The smallest absolute Gasteiger partial charge is 0.255 e. The number of methoxy groups -OCH3 is 1. The Morgan fingerprint density at radius 3 is 3.00 bits per heavy atom. The minimum Gasteiger partial charge on any atom is -0.496 e. The molecule has 3 N–H and O–H groups in total. The Balaban J connectivity index is 1.73. The fraction of sp³-hybridized carbons (Fsp3) is 0.562. The summed E-state index contributed by atoms with van der Waals surface area (Å²) in [6.07, 6.45) is 3.58. The van der Waals surface area contributed by atoms with Gasteiger partial charge in [-0.15, -0.1) is 0 Å². The van der Waals surface area contributed by atoms with Crippen LogP contribution in [0.15, 0.2) is 12.1 Å². The Labute approximate surface area is 135 Å². The van der Waals surface area contributed by atoms with E-state index in [0.717, 1.165) is 19.5 Å². The zero-order valence-electron chi connectivity index (χ0n) is 12.8. The second-order valence-corrected chi connectivity index (χ2v) is 6.66. The van der Waals surface area contributed by atoms with Gasteiger partial charge in [-0.2, -0.15) is 0 Å². The summed E-state index contributed by atoms with van der Waals surface area (Å²) in [6.45, 7) is 3.23. The molecule has 0 spiro atoms. The lowest BCUT2D eigenvalue weighted by molar-refractivity contribution is 0.0775. The van der Waals surface area contributed by atoms with Crippen LogP contribution in [-0.2, 0) is 0 Å². The Morgan fingerprint density at radius 2 is 2.27 bits per heavy atom. The van der Waals surface area contributed by atoms with Gasteiger partial charge in [-0.05, 0) is 37.8 Å². The van der Waals surface area contributed by atoms with E-state index >= 15 is 0 Å². The number of ether oxygens (including phenoxy) is 1. The second-order valence-electron chi connectivity index (χ2n) is 6.25. The van der Waals surface area contributed by atoms with Crippen molar-refractivity contribution in [2.45, 2.75) is 25.3 Å². The number of fused-ring (bicyclic) bond motifs is 2. The average Bonchev–Trinajstić information content (AvgIpc) is 2.49. The van der Waals surface area contributed by atoms with Gasteiger partial charge in [0.2, 0.25) is 0 Å². The van der Waals surface area contributed by atoms with Gasteiger partial charge in [0, 0.05) is 25.2 Å². The topological polar surface area (TPSA) is 67.6 Å². The van der Waals surface area contributed by atoms with Gasteiger partial charge in [-0.1, -0.05) is 11.6 Å². The van der Waals surface area contributed by atoms with Gasteiger partial charge in [0.05, 0.1) is 23.4 Å². The minimum absolute atomic E-state index is 0.148. The molecule has 1 unspecified atom stereocenters. The SMILES string of the molecule is COc1cc(N)c(Cl)cc1C(=O)N[C@H]1C[C@@H]2CCCN(C2)C1. The largest absolute Gasteiger partial charge is 0.496 e. The van der Waals surface area contributed by atoms with Crippen molar-refractivity contribution in [3.63, 3.8) is 0 Å². The molecule has 0 saturated carbocycles. The Kier molecular flexibility index (Phi) is 4.45. The predicted molar refractivity (Wildman–Crippen MR) is 87.5 cm³/mol. The lowest BCUT2D eigenvalue weighted by atomic mass is 9.87. The van der Waals surface area contributed by atoms with Crippen LogP contribution < -0.4 is 15.8 Å². The van der Waals surface area contributed by atoms with Gasteiger partial charge in [0.25, 0.3) is 5.91 Å². The van der Waals surface area contributed by atoms with Crippen LogP contribution in [0.1, 0.15) is 29.6 Å². The van der Waals surface area contributed by atoms with E-state index < -0.39 is 0 Å². The molecule has 120 valence electrons. The number of amides is 1. The maximum Gasteiger partial charge on any atom is 0.255 e. The number of piperidine rings is 2. The zero-order valence-corrected chi connectivity index (χ0v) is 13.5. The monoisotopic (exact) mass is 323 g/mol. The Morgan fingerprint density at radius 1 is 1.45 bits per heavy atom.